The van der Waals surface area contributed by atoms with Crippen LogP contribution in [0.4, 0.5) is 5.69 Å². The number of ether oxygens (including phenoxy) is 1. The smallest absolute Gasteiger partial charge is 0.251 e. The van der Waals surface area contributed by atoms with Gasteiger partial charge in [0.15, 0.2) is 0 Å². The van der Waals surface area contributed by atoms with Crippen LogP contribution >= 0.6 is 0 Å². The number of carbonyl (C=O) groups excluding carboxylic acids is 1. The van der Waals surface area contributed by atoms with Crippen LogP contribution in [-0.2, 0) is 6.54 Å². The van der Waals surface area contributed by atoms with Crippen molar-refractivity contribution in [2.24, 2.45) is 0 Å². The highest BCUT2D eigenvalue weighted by Crippen LogP contribution is 2.21. The molecule has 0 unspecified atom stereocenters. The van der Waals surface area contributed by atoms with E-state index in [-0.39, 0.29) is 11.7 Å². The first-order chi connectivity index (χ1) is 10.0. The number of nitrogens with one attached hydrogen (secondary N) is 1. The van der Waals surface area contributed by atoms with Crippen LogP contribution in [0.15, 0.2) is 36.4 Å². The molecule has 0 aliphatic carbocycles. The lowest BCUT2D eigenvalue weighted by Gasteiger charge is -2.11. The van der Waals surface area contributed by atoms with Crippen LogP contribution in [-0.4, -0.2) is 18.1 Å². The largest absolute Gasteiger partial charge is 0.508 e. The summed E-state index contributed by atoms with van der Waals surface area (Å²) in [6.07, 6.45) is 0. The second-order valence-electron chi connectivity index (χ2n) is 4.76. The van der Waals surface area contributed by atoms with Gasteiger partial charge in [-0.15, -0.1) is 0 Å². The van der Waals surface area contributed by atoms with E-state index in [0.717, 1.165) is 11.1 Å². The summed E-state index contributed by atoms with van der Waals surface area (Å²) in [6, 6.07) is 10.1. The summed E-state index contributed by atoms with van der Waals surface area (Å²) in [7, 11) is 1.56. The van der Waals surface area contributed by atoms with E-state index in [1.54, 1.807) is 44.4 Å². The lowest BCUT2D eigenvalue weighted by atomic mass is 10.1. The van der Waals surface area contributed by atoms with Crippen molar-refractivity contribution in [2.75, 3.05) is 12.8 Å². The Balaban J connectivity index is 2.10. The van der Waals surface area contributed by atoms with E-state index >= 15 is 0 Å². The Bertz CT molecular complexity index is 669. The third-order valence-electron chi connectivity index (χ3n) is 3.22. The van der Waals surface area contributed by atoms with E-state index in [9.17, 15) is 9.90 Å². The van der Waals surface area contributed by atoms with Crippen LogP contribution in [0.1, 0.15) is 21.5 Å². The van der Waals surface area contributed by atoms with Gasteiger partial charge in [0.2, 0.25) is 0 Å². The molecule has 5 heteroatoms. The van der Waals surface area contributed by atoms with E-state index in [1.807, 2.05) is 0 Å². The highest BCUT2D eigenvalue weighted by Gasteiger charge is 2.09. The number of phenols is 1. The van der Waals surface area contributed by atoms with E-state index < -0.39 is 0 Å². The van der Waals surface area contributed by atoms with E-state index in [1.165, 1.54) is 6.07 Å². The number of carbonyl (C=O) groups is 1. The number of hydrogen-bond acceptors (Lipinski definition) is 4. The molecule has 2 aromatic carbocycles. The van der Waals surface area contributed by atoms with Crippen LogP contribution in [0.2, 0.25) is 0 Å². The fourth-order valence-electron chi connectivity index (χ4n) is 1.96. The maximum Gasteiger partial charge on any atom is 0.251 e. The second-order valence-corrected chi connectivity index (χ2v) is 4.76. The Labute approximate surface area is 123 Å². The summed E-state index contributed by atoms with van der Waals surface area (Å²) in [6.45, 7) is 2.07. The molecule has 0 fully saturated rings. The van der Waals surface area contributed by atoms with Crippen LogP contribution < -0.4 is 15.8 Å². The van der Waals surface area contributed by atoms with Gasteiger partial charge in [0.1, 0.15) is 11.5 Å². The number of anilines is 1. The molecule has 0 aliphatic rings. The van der Waals surface area contributed by atoms with Crippen molar-refractivity contribution in [2.45, 2.75) is 13.5 Å². The number of benzene rings is 2. The highest BCUT2D eigenvalue weighted by atomic mass is 16.5. The maximum absolute atomic E-state index is 12.1. The monoisotopic (exact) mass is 286 g/mol. The minimum atomic E-state index is -0.269. The molecule has 0 saturated heterocycles. The zero-order valence-electron chi connectivity index (χ0n) is 12.0. The second kappa shape index (κ2) is 6.17. The molecule has 0 bridgehead atoms. The van der Waals surface area contributed by atoms with Gasteiger partial charge in [-0.25, -0.2) is 0 Å². The topological polar surface area (TPSA) is 84.6 Å². The fourth-order valence-corrected chi connectivity index (χ4v) is 1.96. The van der Waals surface area contributed by atoms with Crippen LogP contribution in [0.25, 0.3) is 0 Å². The molecule has 0 radical (unpaired) electrons. The molecule has 2 rings (SSSR count). The summed E-state index contributed by atoms with van der Waals surface area (Å²) in [4.78, 5) is 12.1. The minimum Gasteiger partial charge on any atom is -0.508 e. The van der Waals surface area contributed by atoms with Crippen molar-refractivity contribution in [3.05, 3.63) is 53.1 Å². The molecule has 1 amide bonds. The molecule has 21 heavy (non-hydrogen) atoms. The van der Waals surface area contributed by atoms with Crippen LogP contribution in [0.5, 0.6) is 11.5 Å². The molecule has 4 N–H and O–H groups in total. The van der Waals surface area contributed by atoms with Crippen molar-refractivity contribution in [1.29, 1.82) is 0 Å². The van der Waals surface area contributed by atoms with Crippen molar-refractivity contribution < 1.29 is 14.6 Å². The Kier molecular flexibility index (Phi) is 4.33. The molecule has 0 saturated carbocycles. The van der Waals surface area contributed by atoms with Gasteiger partial charge >= 0.3 is 0 Å². The van der Waals surface area contributed by atoms with E-state index in [0.29, 0.717) is 23.5 Å². The molecule has 5 nitrogen and oxygen atoms in total. The highest BCUT2D eigenvalue weighted by molar-refractivity contribution is 5.94. The summed E-state index contributed by atoms with van der Waals surface area (Å²) in [5.74, 6) is 0.496. The average molecular weight is 286 g/mol. The summed E-state index contributed by atoms with van der Waals surface area (Å²) >= 11 is 0. The molecular weight excluding hydrogens is 268 g/mol. The quantitative estimate of drug-likeness (QED) is 0.752. The predicted molar refractivity (Wildman–Crippen MR) is 81.4 cm³/mol. The SMILES string of the molecule is COc1ccc(N)cc1CNC(=O)c1ccc(C)c(O)c1. The van der Waals surface area contributed by atoms with Crippen LogP contribution in [0.3, 0.4) is 0 Å². The summed E-state index contributed by atoms with van der Waals surface area (Å²) in [5, 5.41) is 12.4. The van der Waals surface area contributed by atoms with Gasteiger partial charge in [0.05, 0.1) is 7.11 Å². The van der Waals surface area contributed by atoms with Crippen molar-refractivity contribution >= 4 is 11.6 Å². The van der Waals surface area contributed by atoms with Gasteiger partial charge in [0, 0.05) is 23.4 Å². The Morgan fingerprint density at radius 3 is 2.71 bits per heavy atom. The number of amides is 1. The lowest BCUT2D eigenvalue weighted by Crippen LogP contribution is -2.23. The average Bonchev–Trinajstić information content (AvgIpc) is 2.47. The maximum atomic E-state index is 12.1. The van der Waals surface area contributed by atoms with Gasteiger partial charge in [-0.3, -0.25) is 4.79 Å². The van der Waals surface area contributed by atoms with Crippen LogP contribution in [0, 0.1) is 6.92 Å². The van der Waals surface area contributed by atoms with E-state index in [4.69, 9.17) is 10.5 Å². The Hall–Kier alpha value is -2.69. The van der Waals surface area contributed by atoms with Gasteiger partial charge < -0.3 is 20.9 Å². The first kappa shape index (κ1) is 14.7. The van der Waals surface area contributed by atoms with Gasteiger partial charge in [-0.05, 0) is 42.8 Å². The normalized spacial score (nSPS) is 10.2. The van der Waals surface area contributed by atoms with Crippen molar-refractivity contribution in [1.82, 2.24) is 5.32 Å². The molecule has 0 aromatic heterocycles. The molecule has 0 aliphatic heterocycles. The minimum absolute atomic E-state index is 0.101. The number of hydrogen-bond donors (Lipinski definition) is 3. The number of methoxy groups -OCH3 is 1. The number of rotatable bonds is 4. The molecule has 2 aromatic rings. The Morgan fingerprint density at radius 1 is 1.29 bits per heavy atom. The fraction of sp³-hybridized carbons (Fsp3) is 0.188. The number of phenolic OH excluding ortho intramolecular Hbond substituents is 1. The lowest BCUT2D eigenvalue weighted by molar-refractivity contribution is 0.0950. The number of nitrogens with two attached hydrogens (primary N) is 1. The molecular formula is C16H18N2O3. The first-order valence-corrected chi connectivity index (χ1v) is 6.51. The molecule has 0 heterocycles. The van der Waals surface area contributed by atoms with Crippen molar-refractivity contribution in [3.63, 3.8) is 0 Å². The molecule has 0 spiro atoms. The number of aryl methyl sites for hydroxylation is 1. The third-order valence-corrected chi connectivity index (χ3v) is 3.22. The first-order valence-electron chi connectivity index (χ1n) is 6.51. The van der Waals surface area contributed by atoms with Crippen molar-refractivity contribution in [3.8, 4) is 11.5 Å². The zero-order valence-corrected chi connectivity index (χ0v) is 12.0. The zero-order chi connectivity index (χ0) is 15.4. The predicted octanol–water partition coefficient (Wildman–Crippen LogP) is 2.22. The molecule has 0 atom stereocenters. The number of nitrogen functional groups attached to an aromatic ring is 1. The van der Waals surface area contributed by atoms with Gasteiger partial charge in [-0.1, -0.05) is 6.07 Å². The standard InChI is InChI=1S/C16H18N2O3/c1-10-3-4-11(8-14(10)19)16(20)18-9-12-7-13(17)5-6-15(12)21-2/h3-8,19H,9,17H2,1-2H3,(H,18,20). The van der Waals surface area contributed by atoms with Gasteiger partial charge in [-0.2, -0.15) is 0 Å². The van der Waals surface area contributed by atoms with E-state index in [2.05, 4.69) is 5.32 Å². The molecule has 110 valence electrons. The summed E-state index contributed by atoms with van der Waals surface area (Å²) in [5.41, 5.74) is 8.26. The third kappa shape index (κ3) is 3.45. The summed E-state index contributed by atoms with van der Waals surface area (Å²) < 4.78 is 5.23. The number of aromatic hydroxyl groups is 1. The van der Waals surface area contributed by atoms with Gasteiger partial charge in [0.25, 0.3) is 5.91 Å². The Morgan fingerprint density at radius 2 is 2.05 bits per heavy atom.